The van der Waals surface area contributed by atoms with Crippen LogP contribution >= 0.6 is 0 Å². The second kappa shape index (κ2) is 7.43. The van der Waals surface area contributed by atoms with Gasteiger partial charge in [0, 0.05) is 31.6 Å². The third kappa shape index (κ3) is 3.71. The van der Waals surface area contributed by atoms with Crippen molar-refractivity contribution >= 4 is 5.91 Å². The molecule has 7 nitrogen and oxygen atoms in total. The summed E-state index contributed by atoms with van der Waals surface area (Å²) < 4.78 is 10.9. The van der Waals surface area contributed by atoms with Crippen molar-refractivity contribution in [2.45, 2.75) is 44.9 Å². The molecule has 1 aliphatic carbocycles. The number of piperidine rings is 1. The first-order valence-corrected chi connectivity index (χ1v) is 9.44. The molecule has 1 saturated carbocycles. The van der Waals surface area contributed by atoms with E-state index in [2.05, 4.69) is 15.1 Å². The van der Waals surface area contributed by atoms with Crippen molar-refractivity contribution in [3.63, 3.8) is 0 Å². The SMILES string of the molecule is CCOc1ncccc1C(=O)N1CCCC(Cc2nc(C3CC3)no2)C1. The number of nitrogens with zero attached hydrogens (tertiary/aromatic N) is 4. The summed E-state index contributed by atoms with van der Waals surface area (Å²) in [6.45, 7) is 3.83. The Morgan fingerprint density at radius 2 is 2.27 bits per heavy atom. The summed E-state index contributed by atoms with van der Waals surface area (Å²) in [5.74, 6) is 2.78. The highest BCUT2D eigenvalue weighted by molar-refractivity contribution is 5.96. The van der Waals surface area contributed by atoms with Crippen molar-refractivity contribution in [1.29, 1.82) is 0 Å². The molecule has 1 aliphatic heterocycles. The summed E-state index contributed by atoms with van der Waals surface area (Å²) in [6.07, 6.45) is 6.75. The number of hydrogen-bond acceptors (Lipinski definition) is 6. The maximum atomic E-state index is 12.9. The fourth-order valence-electron chi connectivity index (χ4n) is 3.50. The highest BCUT2D eigenvalue weighted by atomic mass is 16.5. The third-order valence-electron chi connectivity index (χ3n) is 4.98. The second-order valence-corrected chi connectivity index (χ2v) is 7.07. The minimum Gasteiger partial charge on any atom is -0.477 e. The van der Waals surface area contributed by atoms with Crippen LogP contribution in [0.5, 0.6) is 5.88 Å². The molecule has 1 unspecified atom stereocenters. The molecular weight excluding hydrogens is 332 g/mol. The van der Waals surface area contributed by atoms with Crippen LogP contribution in [0, 0.1) is 5.92 Å². The summed E-state index contributed by atoms with van der Waals surface area (Å²) >= 11 is 0. The number of ether oxygens (including phenoxy) is 1. The molecule has 3 heterocycles. The van der Waals surface area contributed by atoms with Crippen LogP contribution in [-0.2, 0) is 6.42 Å². The quantitative estimate of drug-likeness (QED) is 0.792. The summed E-state index contributed by atoms with van der Waals surface area (Å²) in [6, 6.07) is 3.55. The van der Waals surface area contributed by atoms with Gasteiger partial charge in [-0.1, -0.05) is 5.16 Å². The zero-order valence-corrected chi connectivity index (χ0v) is 15.1. The number of likely N-dealkylation sites (tertiary alicyclic amines) is 1. The average molecular weight is 356 g/mol. The van der Waals surface area contributed by atoms with E-state index in [-0.39, 0.29) is 5.91 Å². The average Bonchev–Trinajstić information content (AvgIpc) is 3.42. The smallest absolute Gasteiger partial charge is 0.259 e. The van der Waals surface area contributed by atoms with Gasteiger partial charge in [-0.05, 0) is 50.7 Å². The highest BCUT2D eigenvalue weighted by Crippen LogP contribution is 2.38. The summed E-state index contributed by atoms with van der Waals surface area (Å²) in [7, 11) is 0. The van der Waals surface area contributed by atoms with Gasteiger partial charge in [-0.3, -0.25) is 4.79 Å². The third-order valence-corrected chi connectivity index (χ3v) is 4.98. The van der Waals surface area contributed by atoms with Crippen LogP contribution in [0.2, 0.25) is 0 Å². The minimum atomic E-state index is -0.0181. The van der Waals surface area contributed by atoms with Gasteiger partial charge in [0.15, 0.2) is 5.82 Å². The Morgan fingerprint density at radius 1 is 1.38 bits per heavy atom. The van der Waals surface area contributed by atoms with Gasteiger partial charge in [0.1, 0.15) is 5.56 Å². The molecule has 1 atom stereocenters. The van der Waals surface area contributed by atoms with Gasteiger partial charge >= 0.3 is 0 Å². The molecule has 138 valence electrons. The van der Waals surface area contributed by atoms with Gasteiger partial charge < -0.3 is 14.2 Å². The molecule has 2 aromatic rings. The molecule has 0 N–H and O–H groups in total. The zero-order chi connectivity index (χ0) is 17.9. The van der Waals surface area contributed by atoms with E-state index in [0.717, 1.165) is 44.5 Å². The Hall–Kier alpha value is -2.44. The Labute approximate surface area is 152 Å². The highest BCUT2D eigenvalue weighted by Gasteiger charge is 2.31. The lowest BCUT2D eigenvalue weighted by Crippen LogP contribution is -2.40. The van der Waals surface area contributed by atoms with Gasteiger partial charge in [-0.15, -0.1) is 0 Å². The van der Waals surface area contributed by atoms with Crippen LogP contribution in [0.4, 0.5) is 0 Å². The molecule has 1 amide bonds. The van der Waals surface area contributed by atoms with Gasteiger partial charge in [0.25, 0.3) is 5.91 Å². The van der Waals surface area contributed by atoms with Gasteiger partial charge in [0.2, 0.25) is 11.8 Å². The van der Waals surface area contributed by atoms with Crippen LogP contribution in [0.1, 0.15) is 60.6 Å². The van der Waals surface area contributed by atoms with Crippen LogP contribution in [0.25, 0.3) is 0 Å². The molecule has 4 rings (SSSR count). The fourth-order valence-corrected chi connectivity index (χ4v) is 3.50. The summed E-state index contributed by atoms with van der Waals surface area (Å²) in [5.41, 5.74) is 0.531. The first kappa shape index (κ1) is 17.0. The molecular formula is C19H24N4O3. The number of rotatable bonds is 6. The largest absolute Gasteiger partial charge is 0.477 e. The van der Waals surface area contributed by atoms with Crippen molar-refractivity contribution < 1.29 is 14.1 Å². The zero-order valence-electron chi connectivity index (χ0n) is 15.1. The Morgan fingerprint density at radius 3 is 3.08 bits per heavy atom. The van der Waals surface area contributed by atoms with E-state index in [9.17, 15) is 4.79 Å². The number of amides is 1. The van der Waals surface area contributed by atoms with E-state index in [0.29, 0.717) is 42.3 Å². The number of carbonyl (C=O) groups excluding carboxylic acids is 1. The van der Waals surface area contributed by atoms with Gasteiger partial charge in [0.05, 0.1) is 6.61 Å². The molecule has 2 aromatic heterocycles. The first-order chi connectivity index (χ1) is 12.7. The molecule has 2 aliphatic rings. The van der Waals surface area contributed by atoms with Gasteiger partial charge in [-0.2, -0.15) is 4.98 Å². The molecule has 0 bridgehead atoms. The Balaban J connectivity index is 1.41. The van der Waals surface area contributed by atoms with Crippen molar-refractivity contribution in [2.24, 2.45) is 5.92 Å². The number of pyridine rings is 1. The Kier molecular flexibility index (Phi) is 4.86. The van der Waals surface area contributed by atoms with Crippen molar-refractivity contribution in [3.05, 3.63) is 35.6 Å². The van der Waals surface area contributed by atoms with E-state index in [1.165, 1.54) is 0 Å². The minimum absolute atomic E-state index is 0.0181. The molecule has 0 spiro atoms. The molecule has 2 fully saturated rings. The van der Waals surface area contributed by atoms with Crippen molar-refractivity contribution in [2.75, 3.05) is 19.7 Å². The fraction of sp³-hybridized carbons (Fsp3) is 0.579. The van der Waals surface area contributed by atoms with Crippen LogP contribution in [-0.4, -0.2) is 45.6 Å². The van der Waals surface area contributed by atoms with E-state index in [4.69, 9.17) is 9.26 Å². The molecule has 1 saturated heterocycles. The second-order valence-electron chi connectivity index (χ2n) is 7.07. The lowest BCUT2D eigenvalue weighted by Gasteiger charge is -2.32. The first-order valence-electron chi connectivity index (χ1n) is 9.44. The van der Waals surface area contributed by atoms with E-state index in [1.807, 2.05) is 11.8 Å². The van der Waals surface area contributed by atoms with Crippen LogP contribution in [0.3, 0.4) is 0 Å². The van der Waals surface area contributed by atoms with E-state index >= 15 is 0 Å². The lowest BCUT2D eigenvalue weighted by atomic mass is 9.94. The van der Waals surface area contributed by atoms with Crippen LogP contribution < -0.4 is 4.74 Å². The number of aromatic nitrogens is 3. The normalized spacial score (nSPS) is 20.2. The monoisotopic (exact) mass is 356 g/mol. The van der Waals surface area contributed by atoms with E-state index in [1.54, 1.807) is 18.3 Å². The molecule has 0 aromatic carbocycles. The van der Waals surface area contributed by atoms with Gasteiger partial charge in [-0.25, -0.2) is 4.98 Å². The summed E-state index contributed by atoms with van der Waals surface area (Å²) in [4.78, 5) is 23.6. The van der Waals surface area contributed by atoms with E-state index < -0.39 is 0 Å². The molecule has 26 heavy (non-hydrogen) atoms. The standard InChI is InChI=1S/C19H24N4O3/c1-2-25-18-15(6-3-9-20-18)19(24)23-10-4-5-13(12-23)11-16-21-17(22-26-16)14-7-8-14/h3,6,9,13-14H,2,4-5,7-8,10-12H2,1H3. The number of hydrogen-bond donors (Lipinski definition) is 0. The maximum Gasteiger partial charge on any atom is 0.259 e. The number of carbonyl (C=O) groups is 1. The predicted octanol–water partition coefficient (Wildman–Crippen LogP) is 2.84. The van der Waals surface area contributed by atoms with Crippen molar-refractivity contribution in [1.82, 2.24) is 20.0 Å². The molecule has 7 heteroatoms. The van der Waals surface area contributed by atoms with Crippen molar-refractivity contribution in [3.8, 4) is 5.88 Å². The molecule has 0 radical (unpaired) electrons. The lowest BCUT2D eigenvalue weighted by molar-refractivity contribution is 0.0663. The maximum absolute atomic E-state index is 12.9. The Bertz CT molecular complexity index is 772. The summed E-state index contributed by atoms with van der Waals surface area (Å²) in [5, 5.41) is 4.09. The van der Waals surface area contributed by atoms with Crippen LogP contribution in [0.15, 0.2) is 22.9 Å². The topological polar surface area (TPSA) is 81.4 Å². The predicted molar refractivity (Wildman–Crippen MR) is 94.0 cm³/mol.